The maximum atomic E-state index is 4.02. The number of aryl methyl sites for hydroxylation is 2. The van der Waals surface area contributed by atoms with Gasteiger partial charge in [-0.25, -0.2) is 0 Å². The fourth-order valence-electron chi connectivity index (χ4n) is 1.16. The molecule has 1 aromatic heterocycles. The van der Waals surface area contributed by atoms with Gasteiger partial charge in [0.25, 0.3) is 0 Å². The molecule has 0 spiro atoms. The molecule has 11 heavy (non-hydrogen) atoms. The number of aromatic nitrogens is 3. The summed E-state index contributed by atoms with van der Waals surface area (Å²) in [7, 11) is 0. The number of aromatic amines is 1. The molecule has 1 N–H and O–H groups in total. The van der Waals surface area contributed by atoms with Crippen molar-refractivity contribution in [1.29, 1.82) is 0 Å². The van der Waals surface area contributed by atoms with Gasteiger partial charge >= 0.3 is 0 Å². The summed E-state index contributed by atoms with van der Waals surface area (Å²) in [5.74, 6) is 0. The number of H-pyrrole nitrogens is 1. The third kappa shape index (κ3) is 2.03. The Hall–Kier alpha value is -0.860. The van der Waals surface area contributed by atoms with Crippen LogP contribution in [-0.4, -0.2) is 15.4 Å². The van der Waals surface area contributed by atoms with Crippen molar-refractivity contribution >= 4 is 0 Å². The molecule has 0 aliphatic heterocycles. The van der Waals surface area contributed by atoms with Crippen LogP contribution in [-0.2, 0) is 12.8 Å². The van der Waals surface area contributed by atoms with Crippen LogP contribution < -0.4 is 0 Å². The van der Waals surface area contributed by atoms with Crippen LogP contribution in [0.5, 0.6) is 0 Å². The number of nitrogens with zero attached hydrogens (tertiary/aromatic N) is 2. The third-order valence-corrected chi connectivity index (χ3v) is 1.69. The quantitative estimate of drug-likeness (QED) is 0.715. The van der Waals surface area contributed by atoms with Crippen LogP contribution in [0.4, 0.5) is 0 Å². The van der Waals surface area contributed by atoms with Crippen LogP contribution >= 0.6 is 0 Å². The zero-order chi connectivity index (χ0) is 8.10. The Morgan fingerprint density at radius 3 is 2.55 bits per heavy atom. The van der Waals surface area contributed by atoms with E-state index in [1.807, 2.05) is 0 Å². The Labute approximate surface area is 67.2 Å². The molecule has 1 rings (SSSR count). The highest BCUT2D eigenvalue weighted by atomic mass is 15.3. The average Bonchev–Trinajstić information content (AvgIpc) is 2.39. The molecule has 0 bridgehead atoms. The second kappa shape index (κ2) is 4.11. The second-order valence-electron chi connectivity index (χ2n) is 2.74. The lowest BCUT2D eigenvalue weighted by Crippen LogP contribution is -1.91. The van der Waals surface area contributed by atoms with Crippen molar-refractivity contribution in [3.8, 4) is 0 Å². The molecule has 1 heterocycles. The van der Waals surface area contributed by atoms with Crippen LogP contribution in [0.3, 0.4) is 0 Å². The van der Waals surface area contributed by atoms with Crippen molar-refractivity contribution in [1.82, 2.24) is 15.4 Å². The zero-order valence-corrected chi connectivity index (χ0v) is 7.22. The number of hydrogen-bond donors (Lipinski definition) is 1. The third-order valence-electron chi connectivity index (χ3n) is 1.69. The monoisotopic (exact) mass is 153 g/mol. The van der Waals surface area contributed by atoms with E-state index in [9.17, 15) is 0 Å². The molecule has 0 unspecified atom stereocenters. The van der Waals surface area contributed by atoms with Crippen LogP contribution in [0, 0.1) is 0 Å². The summed E-state index contributed by atoms with van der Waals surface area (Å²) >= 11 is 0. The molecule has 0 aliphatic rings. The summed E-state index contributed by atoms with van der Waals surface area (Å²) in [6.45, 7) is 4.32. The Morgan fingerprint density at radius 1 is 1.18 bits per heavy atom. The fourth-order valence-corrected chi connectivity index (χ4v) is 1.16. The lowest BCUT2D eigenvalue weighted by molar-refractivity contribution is 0.831. The maximum Gasteiger partial charge on any atom is 0.0856 e. The van der Waals surface area contributed by atoms with Gasteiger partial charge in [0, 0.05) is 0 Å². The van der Waals surface area contributed by atoms with E-state index in [0.29, 0.717) is 0 Å². The molecule has 1 aromatic rings. The molecule has 0 aromatic carbocycles. The SMILES string of the molecule is CCCc1nn[nH]c1CCC. The van der Waals surface area contributed by atoms with E-state index in [2.05, 4.69) is 29.3 Å². The minimum Gasteiger partial charge on any atom is -0.262 e. The van der Waals surface area contributed by atoms with Gasteiger partial charge < -0.3 is 0 Å². The lowest BCUT2D eigenvalue weighted by Gasteiger charge is -1.95. The molecular formula is C8H15N3. The number of rotatable bonds is 4. The zero-order valence-electron chi connectivity index (χ0n) is 7.22. The first-order valence-corrected chi connectivity index (χ1v) is 4.27. The smallest absolute Gasteiger partial charge is 0.0856 e. The maximum absolute atomic E-state index is 4.02. The molecule has 0 saturated carbocycles. The fraction of sp³-hybridized carbons (Fsp3) is 0.750. The summed E-state index contributed by atoms with van der Waals surface area (Å²) in [4.78, 5) is 0. The van der Waals surface area contributed by atoms with E-state index in [1.54, 1.807) is 0 Å². The van der Waals surface area contributed by atoms with Gasteiger partial charge in [0.1, 0.15) is 0 Å². The molecular weight excluding hydrogens is 138 g/mol. The van der Waals surface area contributed by atoms with Crippen molar-refractivity contribution in [2.75, 3.05) is 0 Å². The molecule has 3 heteroatoms. The first-order valence-electron chi connectivity index (χ1n) is 4.27. The van der Waals surface area contributed by atoms with Gasteiger partial charge in [0.05, 0.1) is 11.4 Å². The number of nitrogens with one attached hydrogen (secondary N) is 1. The predicted molar refractivity (Wildman–Crippen MR) is 44.4 cm³/mol. The van der Waals surface area contributed by atoms with Gasteiger partial charge in [-0.05, 0) is 12.8 Å². The topological polar surface area (TPSA) is 41.6 Å². The molecule has 62 valence electrons. The van der Waals surface area contributed by atoms with E-state index < -0.39 is 0 Å². The molecule has 0 atom stereocenters. The van der Waals surface area contributed by atoms with E-state index in [0.717, 1.165) is 31.4 Å². The van der Waals surface area contributed by atoms with E-state index in [4.69, 9.17) is 0 Å². The van der Waals surface area contributed by atoms with Crippen LogP contribution in [0.15, 0.2) is 0 Å². The lowest BCUT2D eigenvalue weighted by atomic mass is 10.1. The van der Waals surface area contributed by atoms with Crippen molar-refractivity contribution < 1.29 is 0 Å². The summed E-state index contributed by atoms with van der Waals surface area (Å²) < 4.78 is 0. The first-order chi connectivity index (χ1) is 5.38. The largest absolute Gasteiger partial charge is 0.262 e. The summed E-state index contributed by atoms with van der Waals surface area (Å²) in [5, 5.41) is 10.7. The minimum absolute atomic E-state index is 1.05. The molecule has 0 saturated heterocycles. The highest BCUT2D eigenvalue weighted by Gasteiger charge is 2.03. The Bertz CT molecular complexity index is 184. The molecule has 0 aliphatic carbocycles. The predicted octanol–water partition coefficient (Wildman–Crippen LogP) is 1.71. The van der Waals surface area contributed by atoms with Crippen LogP contribution in [0.2, 0.25) is 0 Å². The molecule has 0 amide bonds. The molecule has 3 nitrogen and oxygen atoms in total. The summed E-state index contributed by atoms with van der Waals surface area (Å²) in [6, 6.07) is 0. The van der Waals surface area contributed by atoms with Gasteiger partial charge in [-0.15, -0.1) is 5.10 Å². The van der Waals surface area contributed by atoms with Gasteiger partial charge in [0.2, 0.25) is 0 Å². The van der Waals surface area contributed by atoms with Gasteiger partial charge in [-0.1, -0.05) is 31.9 Å². The van der Waals surface area contributed by atoms with Gasteiger partial charge in [-0.3, -0.25) is 5.10 Å². The van der Waals surface area contributed by atoms with Crippen molar-refractivity contribution in [3.05, 3.63) is 11.4 Å². The number of hydrogen-bond acceptors (Lipinski definition) is 2. The Morgan fingerprint density at radius 2 is 1.91 bits per heavy atom. The van der Waals surface area contributed by atoms with E-state index >= 15 is 0 Å². The molecule has 0 fully saturated rings. The van der Waals surface area contributed by atoms with Crippen molar-refractivity contribution in [3.63, 3.8) is 0 Å². The summed E-state index contributed by atoms with van der Waals surface area (Å²) in [6.07, 6.45) is 4.41. The Kier molecular flexibility index (Phi) is 3.08. The highest BCUT2D eigenvalue weighted by molar-refractivity contribution is 5.08. The standard InChI is InChI=1S/C8H15N3/c1-3-5-7-8(6-4-2)10-11-9-7/h3-6H2,1-2H3,(H,9,10,11). The first kappa shape index (κ1) is 8.24. The Balaban J connectivity index is 2.62. The van der Waals surface area contributed by atoms with Crippen molar-refractivity contribution in [2.45, 2.75) is 39.5 Å². The van der Waals surface area contributed by atoms with Crippen LogP contribution in [0.25, 0.3) is 0 Å². The summed E-state index contributed by atoms with van der Waals surface area (Å²) in [5.41, 5.74) is 2.36. The average molecular weight is 153 g/mol. The van der Waals surface area contributed by atoms with E-state index in [1.165, 1.54) is 5.69 Å². The highest BCUT2D eigenvalue weighted by Crippen LogP contribution is 2.05. The minimum atomic E-state index is 1.05. The van der Waals surface area contributed by atoms with E-state index in [-0.39, 0.29) is 0 Å². The van der Waals surface area contributed by atoms with Crippen LogP contribution in [0.1, 0.15) is 38.1 Å². The second-order valence-corrected chi connectivity index (χ2v) is 2.74. The normalized spacial score (nSPS) is 10.4. The van der Waals surface area contributed by atoms with Crippen molar-refractivity contribution in [2.24, 2.45) is 0 Å². The molecule has 0 radical (unpaired) electrons. The van der Waals surface area contributed by atoms with Gasteiger partial charge in [-0.2, -0.15) is 0 Å². The van der Waals surface area contributed by atoms with Gasteiger partial charge in [0.15, 0.2) is 0 Å².